The van der Waals surface area contributed by atoms with Crippen molar-refractivity contribution in [2.45, 2.75) is 11.9 Å². The quantitative estimate of drug-likeness (QED) is 0.817. The molecule has 7 heteroatoms. The molecule has 1 heterocycles. The van der Waals surface area contributed by atoms with E-state index in [1.807, 2.05) is 13.0 Å². The highest BCUT2D eigenvalue weighted by Crippen LogP contribution is 2.21. The van der Waals surface area contributed by atoms with Gasteiger partial charge in [-0.2, -0.15) is 0 Å². The second kappa shape index (κ2) is 7.29. The van der Waals surface area contributed by atoms with Crippen molar-refractivity contribution in [3.8, 4) is 0 Å². The van der Waals surface area contributed by atoms with Crippen LogP contribution in [0.5, 0.6) is 0 Å². The molecular formula is C15H13ClN2O3S. The van der Waals surface area contributed by atoms with Crippen molar-refractivity contribution >= 4 is 40.9 Å². The zero-order chi connectivity index (χ0) is 16.1. The average molecular weight is 337 g/mol. The van der Waals surface area contributed by atoms with Crippen LogP contribution in [-0.2, 0) is 4.79 Å². The maximum absolute atomic E-state index is 11.9. The van der Waals surface area contributed by atoms with Crippen LogP contribution in [0.15, 0.2) is 41.6 Å². The normalized spacial score (nSPS) is 10.3. The molecule has 2 aromatic rings. The minimum absolute atomic E-state index is 0.114. The molecule has 1 aromatic heterocycles. The van der Waals surface area contributed by atoms with Gasteiger partial charge >= 0.3 is 5.97 Å². The molecule has 2 N–H and O–H groups in total. The summed E-state index contributed by atoms with van der Waals surface area (Å²) in [7, 11) is 0. The minimum atomic E-state index is -1.03. The van der Waals surface area contributed by atoms with Gasteiger partial charge in [-0.05, 0) is 36.8 Å². The predicted molar refractivity (Wildman–Crippen MR) is 86.7 cm³/mol. The van der Waals surface area contributed by atoms with Crippen molar-refractivity contribution in [1.29, 1.82) is 0 Å². The van der Waals surface area contributed by atoms with Crippen LogP contribution in [0.2, 0.25) is 5.02 Å². The molecular weight excluding hydrogens is 324 g/mol. The molecule has 0 atom stereocenters. The van der Waals surface area contributed by atoms with E-state index in [1.54, 1.807) is 18.2 Å². The number of aromatic carboxylic acids is 1. The van der Waals surface area contributed by atoms with Crippen LogP contribution >= 0.6 is 23.4 Å². The van der Waals surface area contributed by atoms with E-state index in [4.69, 9.17) is 16.7 Å². The highest BCUT2D eigenvalue weighted by atomic mass is 35.5. The first-order valence-electron chi connectivity index (χ1n) is 6.34. The van der Waals surface area contributed by atoms with E-state index in [1.165, 1.54) is 24.0 Å². The third-order valence-electron chi connectivity index (χ3n) is 2.81. The Bertz CT molecular complexity index is 704. The molecule has 0 fully saturated rings. The zero-order valence-corrected chi connectivity index (χ0v) is 13.2. The SMILES string of the molecule is Cc1ccc(Cl)cc1NC(=O)CSc1ccc(C(=O)O)cn1. The number of rotatable bonds is 5. The molecule has 0 saturated heterocycles. The van der Waals surface area contributed by atoms with Gasteiger partial charge in [0.2, 0.25) is 5.91 Å². The Morgan fingerprint density at radius 3 is 2.73 bits per heavy atom. The van der Waals surface area contributed by atoms with E-state index in [2.05, 4.69) is 10.3 Å². The molecule has 0 aliphatic heterocycles. The molecule has 0 unspecified atom stereocenters. The van der Waals surface area contributed by atoms with E-state index in [0.717, 1.165) is 5.56 Å². The van der Waals surface area contributed by atoms with Crippen LogP contribution < -0.4 is 5.32 Å². The number of carboxylic acid groups (broad SMARTS) is 1. The second-order valence-electron chi connectivity index (χ2n) is 4.49. The lowest BCUT2D eigenvalue weighted by atomic mass is 10.2. The van der Waals surface area contributed by atoms with Gasteiger partial charge in [0.25, 0.3) is 0 Å². The number of thioether (sulfide) groups is 1. The maximum Gasteiger partial charge on any atom is 0.337 e. The standard InChI is InChI=1S/C15H13ClN2O3S/c1-9-2-4-11(16)6-12(9)18-13(19)8-22-14-5-3-10(7-17-14)15(20)21/h2-7H,8H2,1H3,(H,18,19)(H,20,21). The topological polar surface area (TPSA) is 79.3 Å². The molecule has 1 aromatic carbocycles. The third kappa shape index (κ3) is 4.47. The summed E-state index contributed by atoms with van der Waals surface area (Å²) in [6, 6.07) is 8.31. The number of carbonyl (C=O) groups excluding carboxylic acids is 1. The Morgan fingerprint density at radius 2 is 2.09 bits per heavy atom. The summed E-state index contributed by atoms with van der Waals surface area (Å²) < 4.78 is 0. The molecule has 2 rings (SSSR count). The summed E-state index contributed by atoms with van der Waals surface area (Å²) in [4.78, 5) is 26.6. The lowest BCUT2D eigenvalue weighted by Gasteiger charge is -2.08. The predicted octanol–water partition coefficient (Wildman–Crippen LogP) is 3.47. The number of carboxylic acids is 1. The van der Waals surface area contributed by atoms with Gasteiger partial charge in [-0.3, -0.25) is 4.79 Å². The molecule has 0 radical (unpaired) electrons. The lowest BCUT2D eigenvalue weighted by Crippen LogP contribution is -2.15. The van der Waals surface area contributed by atoms with Crippen molar-refractivity contribution in [3.63, 3.8) is 0 Å². The van der Waals surface area contributed by atoms with Crippen LogP contribution in [0.1, 0.15) is 15.9 Å². The number of anilines is 1. The van der Waals surface area contributed by atoms with Gasteiger partial charge < -0.3 is 10.4 Å². The molecule has 0 bridgehead atoms. The summed E-state index contributed by atoms with van der Waals surface area (Å²) in [5.74, 6) is -1.04. The Hall–Kier alpha value is -2.05. The second-order valence-corrected chi connectivity index (χ2v) is 5.92. The average Bonchev–Trinajstić information content (AvgIpc) is 2.49. The van der Waals surface area contributed by atoms with Crippen molar-refractivity contribution in [1.82, 2.24) is 4.98 Å². The third-order valence-corrected chi connectivity index (χ3v) is 3.99. The van der Waals surface area contributed by atoms with Crippen molar-refractivity contribution < 1.29 is 14.7 Å². The first-order valence-corrected chi connectivity index (χ1v) is 7.70. The van der Waals surface area contributed by atoms with E-state index < -0.39 is 5.97 Å². The summed E-state index contributed by atoms with van der Waals surface area (Å²) >= 11 is 7.13. The first-order chi connectivity index (χ1) is 10.5. The number of hydrogen-bond acceptors (Lipinski definition) is 4. The van der Waals surface area contributed by atoms with Gasteiger partial charge in [0.1, 0.15) is 0 Å². The first kappa shape index (κ1) is 16.3. The van der Waals surface area contributed by atoms with Gasteiger partial charge in [-0.25, -0.2) is 9.78 Å². The Labute approximate surface area is 136 Å². The number of carbonyl (C=O) groups is 2. The maximum atomic E-state index is 11.9. The summed E-state index contributed by atoms with van der Waals surface area (Å²) in [5.41, 5.74) is 1.71. The fraction of sp³-hybridized carbons (Fsp3) is 0.133. The highest BCUT2D eigenvalue weighted by Gasteiger charge is 2.08. The lowest BCUT2D eigenvalue weighted by molar-refractivity contribution is -0.113. The van der Waals surface area contributed by atoms with Gasteiger partial charge in [0.15, 0.2) is 0 Å². The number of pyridine rings is 1. The van der Waals surface area contributed by atoms with Gasteiger partial charge in [0, 0.05) is 16.9 Å². The molecule has 114 valence electrons. The van der Waals surface area contributed by atoms with Crippen molar-refractivity contribution in [2.24, 2.45) is 0 Å². The van der Waals surface area contributed by atoms with Gasteiger partial charge in [-0.1, -0.05) is 29.4 Å². The number of nitrogens with one attached hydrogen (secondary N) is 1. The molecule has 1 amide bonds. The van der Waals surface area contributed by atoms with Crippen LogP contribution in [-0.4, -0.2) is 27.7 Å². The molecule has 22 heavy (non-hydrogen) atoms. The smallest absolute Gasteiger partial charge is 0.337 e. The molecule has 0 aliphatic carbocycles. The Kier molecular flexibility index (Phi) is 5.41. The van der Waals surface area contributed by atoms with E-state index in [0.29, 0.717) is 15.7 Å². The highest BCUT2D eigenvalue weighted by molar-refractivity contribution is 7.99. The van der Waals surface area contributed by atoms with Crippen LogP contribution in [0, 0.1) is 6.92 Å². The minimum Gasteiger partial charge on any atom is -0.478 e. The number of nitrogens with zero attached hydrogens (tertiary/aromatic N) is 1. The van der Waals surface area contributed by atoms with Crippen molar-refractivity contribution in [2.75, 3.05) is 11.1 Å². The molecule has 0 aliphatic rings. The number of hydrogen-bond donors (Lipinski definition) is 2. The largest absolute Gasteiger partial charge is 0.478 e. The molecule has 5 nitrogen and oxygen atoms in total. The number of aromatic nitrogens is 1. The molecule has 0 spiro atoms. The fourth-order valence-corrected chi connectivity index (χ4v) is 2.46. The van der Waals surface area contributed by atoms with E-state index in [9.17, 15) is 9.59 Å². The van der Waals surface area contributed by atoms with E-state index >= 15 is 0 Å². The fourth-order valence-electron chi connectivity index (χ4n) is 1.65. The Morgan fingerprint density at radius 1 is 1.32 bits per heavy atom. The van der Waals surface area contributed by atoms with Crippen LogP contribution in [0.25, 0.3) is 0 Å². The number of aryl methyl sites for hydroxylation is 1. The number of benzene rings is 1. The van der Waals surface area contributed by atoms with Crippen molar-refractivity contribution in [3.05, 3.63) is 52.7 Å². The van der Waals surface area contributed by atoms with Gasteiger partial charge in [-0.15, -0.1) is 0 Å². The van der Waals surface area contributed by atoms with Crippen LogP contribution in [0.4, 0.5) is 5.69 Å². The monoisotopic (exact) mass is 336 g/mol. The summed E-state index contributed by atoms with van der Waals surface area (Å²) in [5, 5.41) is 12.7. The van der Waals surface area contributed by atoms with E-state index in [-0.39, 0.29) is 17.2 Å². The molecule has 0 saturated carbocycles. The number of halogens is 1. The Balaban J connectivity index is 1.92. The van der Waals surface area contributed by atoms with Crippen LogP contribution in [0.3, 0.4) is 0 Å². The summed E-state index contributed by atoms with van der Waals surface area (Å²) in [6.45, 7) is 1.88. The van der Waals surface area contributed by atoms with Gasteiger partial charge in [0.05, 0.1) is 16.3 Å². The zero-order valence-electron chi connectivity index (χ0n) is 11.7. The number of amides is 1. The summed E-state index contributed by atoms with van der Waals surface area (Å²) in [6.07, 6.45) is 1.27.